The normalized spacial score (nSPS) is 11.4. The minimum absolute atomic E-state index is 0.111. The minimum Gasteiger partial charge on any atom is -0.456 e. The largest absolute Gasteiger partial charge is 0.456 e. The highest BCUT2D eigenvalue weighted by molar-refractivity contribution is 9.10. The van der Waals surface area contributed by atoms with Crippen molar-refractivity contribution in [3.63, 3.8) is 0 Å². The van der Waals surface area contributed by atoms with E-state index >= 15 is 0 Å². The summed E-state index contributed by atoms with van der Waals surface area (Å²) < 4.78 is 43.6. The fourth-order valence-electron chi connectivity index (χ4n) is 1.46. The maximum atomic E-state index is 12.6. The van der Waals surface area contributed by atoms with Crippen LogP contribution in [0.3, 0.4) is 0 Å². The van der Waals surface area contributed by atoms with Crippen LogP contribution in [0.2, 0.25) is 0 Å². The first-order valence-corrected chi connectivity index (χ1v) is 6.06. The molecule has 2 aromatic carbocycles. The van der Waals surface area contributed by atoms with Gasteiger partial charge in [0, 0.05) is 5.69 Å². The fraction of sp³-hybridized carbons (Fsp3) is 0.0769. The fourth-order valence-corrected chi connectivity index (χ4v) is 1.94. The minimum atomic E-state index is -4.39. The third-order valence-corrected chi connectivity index (χ3v) is 2.96. The number of rotatable bonds is 2. The van der Waals surface area contributed by atoms with E-state index in [1.54, 1.807) is 18.2 Å². The number of benzene rings is 2. The summed E-state index contributed by atoms with van der Waals surface area (Å²) in [6.45, 7) is 0. The van der Waals surface area contributed by atoms with Crippen LogP contribution in [0.1, 0.15) is 5.56 Å². The van der Waals surface area contributed by atoms with Gasteiger partial charge in [-0.1, -0.05) is 6.07 Å². The summed E-state index contributed by atoms with van der Waals surface area (Å²) in [5.41, 5.74) is 5.35. The second-order valence-electron chi connectivity index (χ2n) is 3.82. The highest BCUT2D eigenvalue weighted by Gasteiger charge is 2.30. The van der Waals surface area contributed by atoms with Crippen molar-refractivity contribution in [1.29, 1.82) is 0 Å². The van der Waals surface area contributed by atoms with E-state index in [-0.39, 0.29) is 5.75 Å². The van der Waals surface area contributed by atoms with Crippen molar-refractivity contribution >= 4 is 21.6 Å². The number of halogens is 4. The van der Waals surface area contributed by atoms with E-state index in [4.69, 9.17) is 10.5 Å². The van der Waals surface area contributed by atoms with Gasteiger partial charge in [-0.2, -0.15) is 13.2 Å². The summed E-state index contributed by atoms with van der Waals surface area (Å²) in [6.07, 6.45) is -4.39. The Morgan fingerprint density at radius 3 is 2.42 bits per heavy atom. The van der Waals surface area contributed by atoms with Crippen LogP contribution in [-0.2, 0) is 6.18 Å². The Kier molecular flexibility index (Phi) is 3.71. The van der Waals surface area contributed by atoms with Gasteiger partial charge < -0.3 is 10.5 Å². The molecule has 0 aromatic heterocycles. The molecule has 2 nitrogen and oxygen atoms in total. The van der Waals surface area contributed by atoms with E-state index in [1.165, 1.54) is 12.1 Å². The predicted octanol–water partition coefficient (Wildman–Crippen LogP) is 4.84. The van der Waals surface area contributed by atoms with Crippen LogP contribution in [0, 0.1) is 0 Å². The second-order valence-corrected chi connectivity index (χ2v) is 4.67. The molecule has 19 heavy (non-hydrogen) atoms. The van der Waals surface area contributed by atoms with E-state index < -0.39 is 11.7 Å². The molecule has 2 rings (SSSR count). The summed E-state index contributed by atoms with van der Waals surface area (Å²) in [6, 6.07) is 9.49. The number of anilines is 1. The molecule has 2 N–H and O–H groups in total. The lowest BCUT2D eigenvalue weighted by atomic mass is 10.2. The lowest BCUT2D eigenvalue weighted by molar-refractivity contribution is -0.137. The molecule has 0 amide bonds. The van der Waals surface area contributed by atoms with Gasteiger partial charge >= 0.3 is 6.18 Å². The van der Waals surface area contributed by atoms with Crippen molar-refractivity contribution in [1.82, 2.24) is 0 Å². The van der Waals surface area contributed by atoms with Crippen LogP contribution in [0.4, 0.5) is 18.9 Å². The van der Waals surface area contributed by atoms with Gasteiger partial charge in [0.05, 0.1) is 10.0 Å². The molecule has 0 radical (unpaired) electrons. The van der Waals surface area contributed by atoms with E-state index in [9.17, 15) is 13.2 Å². The van der Waals surface area contributed by atoms with Gasteiger partial charge in [0.15, 0.2) is 0 Å². The first-order chi connectivity index (χ1) is 8.86. The number of alkyl halides is 3. The highest BCUT2D eigenvalue weighted by atomic mass is 79.9. The number of nitrogen functional groups attached to an aromatic ring is 1. The molecule has 0 unspecified atom stereocenters. The van der Waals surface area contributed by atoms with Gasteiger partial charge in [-0.25, -0.2) is 0 Å². The van der Waals surface area contributed by atoms with Gasteiger partial charge in [-0.05, 0) is 52.3 Å². The van der Waals surface area contributed by atoms with Crippen molar-refractivity contribution < 1.29 is 17.9 Å². The zero-order valence-electron chi connectivity index (χ0n) is 9.54. The molecule has 0 spiro atoms. The van der Waals surface area contributed by atoms with Crippen molar-refractivity contribution in [3.05, 3.63) is 52.5 Å². The first-order valence-electron chi connectivity index (χ1n) is 5.26. The monoisotopic (exact) mass is 331 g/mol. The maximum absolute atomic E-state index is 12.6. The zero-order valence-corrected chi connectivity index (χ0v) is 11.1. The number of ether oxygens (including phenoxy) is 1. The number of hydrogen-bond acceptors (Lipinski definition) is 2. The van der Waals surface area contributed by atoms with Crippen LogP contribution in [0.5, 0.6) is 11.5 Å². The summed E-state index contributed by atoms with van der Waals surface area (Å²) in [7, 11) is 0. The Morgan fingerprint density at radius 2 is 1.79 bits per heavy atom. The molecular formula is C13H9BrF3NO. The topological polar surface area (TPSA) is 35.2 Å². The third-order valence-electron chi connectivity index (χ3n) is 2.35. The average molecular weight is 332 g/mol. The molecule has 2 aromatic rings. The van der Waals surface area contributed by atoms with Crippen molar-refractivity contribution in [2.75, 3.05) is 5.73 Å². The Labute approximate surface area is 116 Å². The van der Waals surface area contributed by atoms with E-state index in [1.807, 2.05) is 0 Å². The van der Waals surface area contributed by atoms with Gasteiger partial charge in [-0.3, -0.25) is 0 Å². The Hall–Kier alpha value is -1.69. The predicted molar refractivity (Wildman–Crippen MR) is 70.1 cm³/mol. The molecule has 0 aliphatic heterocycles. The molecule has 0 saturated carbocycles. The lowest BCUT2D eigenvalue weighted by Gasteiger charge is -2.11. The molecule has 0 bridgehead atoms. The standard InChI is InChI=1S/C13H9BrF3NO/c14-11-7-9(18)4-5-12(11)19-10-3-1-2-8(6-10)13(15,16)17/h1-7H,18H2. The molecule has 0 atom stereocenters. The van der Waals surface area contributed by atoms with Crippen LogP contribution in [0.15, 0.2) is 46.9 Å². The summed E-state index contributed by atoms with van der Waals surface area (Å²) in [5, 5.41) is 0. The lowest BCUT2D eigenvalue weighted by Crippen LogP contribution is -2.04. The van der Waals surface area contributed by atoms with E-state index in [0.29, 0.717) is 15.9 Å². The summed E-state index contributed by atoms with van der Waals surface area (Å²) in [5.74, 6) is 0.508. The molecule has 0 aliphatic rings. The third kappa shape index (κ3) is 3.41. The highest BCUT2D eigenvalue weighted by Crippen LogP contribution is 2.35. The molecule has 6 heteroatoms. The SMILES string of the molecule is Nc1ccc(Oc2cccc(C(F)(F)F)c2)c(Br)c1. The second kappa shape index (κ2) is 5.13. The van der Waals surface area contributed by atoms with Gasteiger partial charge in [0.25, 0.3) is 0 Å². The van der Waals surface area contributed by atoms with Crippen molar-refractivity contribution in [2.45, 2.75) is 6.18 Å². The Bertz CT molecular complexity index is 599. The number of hydrogen-bond donors (Lipinski definition) is 1. The molecule has 0 aliphatic carbocycles. The first kappa shape index (κ1) is 13.7. The maximum Gasteiger partial charge on any atom is 0.416 e. The molecular weight excluding hydrogens is 323 g/mol. The van der Waals surface area contributed by atoms with Gasteiger partial charge in [0.2, 0.25) is 0 Å². The zero-order chi connectivity index (χ0) is 14.0. The number of nitrogens with two attached hydrogens (primary N) is 1. The van der Waals surface area contributed by atoms with Crippen molar-refractivity contribution in [2.24, 2.45) is 0 Å². The molecule has 0 saturated heterocycles. The van der Waals surface area contributed by atoms with Crippen molar-refractivity contribution in [3.8, 4) is 11.5 Å². The van der Waals surface area contributed by atoms with Crippen LogP contribution >= 0.6 is 15.9 Å². The molecule has 0 fully saturated rings. The van der Waals surface area contributed by atoms with Crippen LogP contribution < -0.4 is 10.5 Å². The summed E-state index contributed by atoms with van der Waals surface area (Å²) in [4.78, 5) is 0. The van der Waals surface area contributed by atoms with Crippen LogP contribution in [-0.4, -0.2) is 0 Å². The Morgan fingerprint density at radius 1 is 1.05 bits per heavy atom. The van der Waals surface area contributed by atoms with Crippen LogP contribution in [0.25, 0.3) is 0 Å². The smallest absolute Gasteiger partial charge is 0.416 e. The van der Waals surface area contributed by atoms with E-state index in [0.717, 1.165) is 12.1 Å². The summed E-state index contributed by atoms with van der Waals surface area (Å²) >= 11 is 3.24. The molecule has 100 valence electrons. The van der Waals surface area contributed by atoms with E-state index in [2.05, 4.69) is 15.9 Å². The molecule has 0 heterocycles. The van der Waals surface area contributed by atoms with Gasteiger partial charge in [-0.15, -0.1) is 0 Å². The van der Waals surface area contributed by atoms with Gasteiger partial charge in [0.1, 0.15) is 11.5 Å². The average Bonchev–Trinajstić information content (AvgIpc) is 2.32. The Balaban J connectivity index is 2.29. The quantitative estimate of drug-likeness (QED) is 0.799.